The molecule has 98 valence electrons. The highest BCUT2D eigenvalue weighted by Crippen LogP contribution is 2.10. The van der Waals surface area contributed by atoms with Crippen LogP contribution in [-0.2, 0) is 0 Å². The number of carbonyl (C=O) groups excluding carboxylic acids is 1. The van der Waals surface area contributed by atoms with Gasteiger partial charge in [0.15, 0.2) is 0 Å². The van der Waals surface area contributed by atoms with Crippen LogP contribution in [0, 0.1) is 0 Å². The van der Waals surface area contributed by atoms with E-state index in [9.17, 15) is 4.79 Å². The van der Waals surface area contributed by atoms with Crippen molar-refractivity contribution in [3.05, 3.63) is 34.9 Å². The maximum Gasteiger partial charge on any atom is 0.251 e. The number of nitrogens with one attached hydrogen (secondary N) is 2. The van der Waals surface area contributed by atoms with E-state index in [1.807, 2.05) is 0 Å². The molecule has 1 unspecified atom stereocenters. The summed E-state index contributed by atoms with van der Waals surface area (Å²) in [6.07, 6.45) is 0. The second-order valence-electron chi connectivity index (χ2n) is 4.63. The molecule has 1 aliphatic rings. The summed E-state index contributed by atoms with van der Waals surface area (Å²) in [6, 6.07) is 7.30. The number of benzene rings is 1. The van der Waals surface area contributed by atoms with E-state index in [-0.39, 0.29) is 5.91 Å². The van der Waals surface area contributed by atoms with Gasteiger partial charge in [0.1, 0.15) is 0 Å². The number of amides is 1. The molecule has 1 aromatic rings. The van der Waals surface area contributed by atoms with E-state index < -0.39 is 0 Å². The molecule has 4 nitrogen and oxygen atoms in total. The lowest BCUT2D eigenvalue weighted by molar-refractivity contribution is 0.0944. The molecular weight excluding hydrogens is 250 g/mol. The molecule has 1 aromatic carbocycles. The van der Waals surface area contributed by atoms with Crippen LogP contribution in [0.5, 0.6) is 0 Å². The lowest BCUT2D eigenvalue weighted by Crippen LogP contribution is -2.53. The van der Waals surface area contributed by atoms with Crippen molar-refractivity contribution in [2.24, 2.45) is 0 Å². The van der Waals surface area contributed by atoms with Crippen molar-refractivity contribution < 1.29 is 4.79 Å². The first kappa shape index (κ1) is 13.3. The number of likely N-dealkylation sites (N-methyl/N-ethyl adjacent to an activating group) is 1. The number of hydrogen-bond acceptors (Lipinski definition) is 3. The van der Waals surface area contributed by atoms with Crippen LogP contribution in [0.2, 0.25) is 5.02 Å². The molecule has 5 heteroatoms. The standard InChI is InChI=1S/C13H18ClN3O/c1-17-6-5-15-12(9-17)8-16-13(18)10-3-2-4-11(14)7-10/h2-4,7,12,15H,5-6,8-9H2,1H3,(H,16,18). The molecule has 1 fully saturated rings. The van der Waals surface area contributed by atoms with Crippen molar-refractivity contribution in [1.82, 2.24) is 15.5 Å². The number of halogens is 1. The van der Waals surface area contributed by atoms with E-state index in [1.54, 1.807) is 24.3 Å². The van der Waals surface area contributed by atoms with Crippen LogP contribution in [-0.4, -0.2) is 50.1 Å². The number of carbonyl (C=O) groups is 1. The Morgan fingerprint density at radius 2 is 2.44 bits per heavy atom. The molecule has 1 heterocycles. The Morgan fingerprint density at radius 1 is 1.61 bits per heavy atom. The van der Waals surface area contributed by atoms with Crippen molar-refractivity contribution in [2.75, 3.05) is 33.2 Å². The summed E-state index contributed by atoms with van der Waals surface area (Å²) in [7, 11) is 2.09. The van der Waals surface area contributed by atoms with Crippen molar-refractivity contribution in [3.63, 3.8) is 0 Å². The highest BCUT2D eigenvalue weighted by molar-refractivity contribution is 6.30. The van der Waals surface area contributed by atoms with Gasteiger partial charge in [-0.3, -0.25) is 4.79 Å². The Labute approximate surface area is 112 Å². The van der Waals surface area contributed by atoms with Crippen LogP contribution >= 0.6 is 11.6 Å². The lowest BCUT2D eigenvalue weighted by Gasteiger charge is -2.30. The molecule has 0 aromatic heterocycles. The van der Waals surface area contributed by atoms with Gasteiger partial charge in [0.2, 0.25) is 0 Å². The third kappa shape index (κ3) is 3.70. The van der Waals surface area contributed by atoms with Gasteiger partial charge in [-0.15, -0.1) is 0 Å². The number of hydrogen-bond donors (Lipinski definition) is 2. The first-order valence-corrected chi connectivity index (χ1v) is 6.48. The monoisotopic (exact) mass is 267 g/mol. The smallest absolute Gasteiger partial charge is 0.251 e. The van der Waals surface area contributed by atoms with Gasteiger partial charge >= 0.3 is 0 Å². The van der Waals surface area contributed by atoms with Crippen LogP contribution in [0.15, 0.2) is 24.3 Å². The summed E-state index contributed by atoms with van der Waals surface area (Å²) in [5, 5.41) is 6.90. The second kappa shape index (κ2) is 6.18. The largest absolute Gasteiger partial charge is 0.350 e. The Hall–Kier alpha value is -1.10. The topological polar surface area (TPSA) is 44.4 Å². The average Bonchev–Trinajstić information content (AvgIpc) is 2.36. The summed E-state index contributed by atoms with van der Waals surface area (Å²) in [4.78, 5) is 14.2. The average molecular weight is 268 g/mol. The van der Waals surface area contributed by atoms with Crippen molar-refractivity contribution in [2.45, 2.75) is 6.04 Å². The third-order valence-electron chi connectivity index (χ3n) is 3.05. The van der Waals surface area contributed by atoms with E-state index in [0.29, 0.717) is 23.2 Å². The van der Waals surface area contributed by atoms with Crippen LogP contribution in [0.3, 0.4) is 0 Å². The Morgan fingerprint density at radius 3 is 3.17 bits per heavy atom. The fourth-order valence-electron chi connectivity index (χ4n) is 2.08. The van der Waals surface area contributed by atoms with Crippen molar-refractivity contribution in [3.8, 4) is 0 Å². The first-order chi connectivity index (χ1) is 8.65. The van der Waals surface area contributed by atoms with Gasteiger partial charge < -0.3 is 15.5 Å². The Balaban J connectivity index is 1.84. The van der Waals surface area contributed by atoms with Gasteiger partial charge in [0.25, 0.3) is 5.91 Å². The van der Waals surface area contributed by atoms with Gasteiger partial charge in [-0.2, -0.15) is 0 Å². The molecule has 2 N–H and O–H groups in total. The van der Waals surface area contributed by atoms with Crippen LogP contribution in [0.1, 0.15) is 10.4 Å². The third-order valence-corrected chi connectivity index (χ3v) is 3.29. The molecule has 0 radical (unpaired) electrons. The summed E-state index contributed by atoms with van der Waals surface area (Å²) in [5.74, 6) is -0.0764. The summed E-state index contributed by atoms with van der Waals surface area (Å²) < 4.78 is 0. The molecule has 1 saturated heterocycles. The molecular formula is C13H18ClN3O. The van der Waals surface area contributed by atoms with Crippen LogP contribution in [0.25, 0.3) is 0 Å². The Kier molecular flexibility index (Phi) is 4.58. The van der Waals surface area contributed by atoms with Gasteiger partial charge in [-0.05, 0) is 25.2 Å². The predicted octanol–water partition coefficient (Wildman–Crippen LogP) is 0.973. The molecule has 18 heavy (non-hydrogen) atoms. The maximum absolute atomic E-state index is 11.9. The number of nitrogens with zero attached hydrogens (tertiary/aromatic N) is 1. The quantitative estimate of drug-likeness (QED) is 0.858. The molecule has 1 atom stereocenters. The fraction of sp³-hybridized carbons (Fsp3) is 0.462. The highest BCUT2D eigenvalue weighted by atomic mass is 35.5. The maximum atomic E-state index is 11.9. The SMILES string of the molecule is CN1CCNC(CNC(=O)c2cccc(Cl)c2)C1. The first-order valence-electron chi connectivity index (χ1n) is 6.11. The van der Waals surface area contributed by atoms with Gasteiger partial charge in [0, 0.05) is 42.8 Å². The fourth-order valence-corrected chi connectivity index (χ4v) is 2.27. The highest BCUT2D eigenvalue weighted by Gasteiger charge is 2.17. The Bertz CT molecular complexity index is 424. The minimum Gasteiger partial charge on any atom is -0.350 e. The zero-order valence-electron chi connectivity index (χ0n) is 10.4. The summed E-state index contributed by atoms with van der Waals surface area (Å²) >= 11 is 5.86. The molecule has 0 bridgehead atoms. The predicted molar refractivity (Wildman–Crippen MR) is 73.1 cm³/mol. The minimum atomic E-state index is -0.0764. The summed E-state index contributed by atoms with van der Waals surface area (Å²) in [5.41, 5.74) is 0.603. The second-order valence-corrected chi connectivity index (χ2v) is 5.07. The van der Waals surface area contributed by atoms with Crippen molar-refractivity contribution >= 4 is 17.5 Å². The molecule has 0 spiro atoms. The van der Waals surface area contributed by atoms with Crippen molar-refractivity contribution in [1.29, 1.82) is 0 Å². The van der Waals surface area contributed by atoms with Gasteiger partial charge in [0.05, 0.1) is 0 Å². The molecule has 1 amide bonds. The lowest BCUT2D eigenvalue weighted by atomic mass is 10.2. The molecule has 0 aliphatic carbocycles. The van der Waals surface area contributed by atoms with Gasteiger partial charge in [-0.1, -0.05) is 17.7 Å². The van der Waals surface area contributed by atoms with Crippen LogP contribution < -0.4 is 10.6 Å². The normalized spacial score (nSPS) is 20.7. The zero-order chi connectivity index (χ0) is 13.0. The minimum absolute atomic E-state index is 0.0764. The molecule has 1 aliphatic heterocycles. The molecule has 2 rings (SSSR count). The van der Waals surface area contributed by atoms with E-state index in [2.05, 4.69) is 22.6 Å². The molecule has 0 saturated carbocycles. The van der Waals surface area contributed by atoms with E-state index in [4.69, 9.17) is 11.6 Å². The summed E-state index contributed by atoms with van der Waals surface area (Å²) in [6.45, 7) is 3.61. The number of piperazine rings is 1. The van der Waals surface area contributed by atoms with E-state index >= 15 is 0 Å². The number of rotatable bonds is 3. The van der Waals surface area contributed by atoms with E-state index in [1.165, 1.54) is 0 Å². The van der Waals surface area contributed by atoms with E-state index in [0.717, 1.165) is 19.6 Å². The van der Waals surface area contributed by atoms with Gasteiger partial charge in [-0.25, -0.2) is 0 Å². The zero-order valence-corrected chi connectivity index (χ0v) is 11.2. The van der Waals surface area contributed by atoms with Crippen LogP contribution in [0.4, 0.5) is 0 Å².